The van der Waals surface area contributed by atoms with Gasteiger partial charge in [-0.2, -0.15) is 13.2 Å². The lowest BCUT2D eigenvalue weighted by Gasteiger charge is -2.14. The topological polar surface area (TPSA) is 59.8 Å². The Morgan fingerprint density at radius 3 is 2.32 bits per heavy atom. The predicted octanol–water partition coefficient (Wildman–Crippen LogP) is 5.88. The number of benzene rings is 3. The quantitative estimate of drug-likeness (QED) is 0.262. The van der Waals surface area contributed by atoms with E-state index in [1.807, 2.05) is 30.3 Å². The van der Waals surface area contributed by atoms with E-state index in [1.54, 1.807) is 22.8 Å². The van der Waals surface area contributed by atoms with Gasteiger partial charge in [-0.15, -0.1) is 10.2 Å². The van der Waals surface area contributed by atoms with Gasteiger partial charge in [0, 0.05) is 0 Å². The second-order valence-corrected chi connectivity index (χ2v) is 8.18. The summed E-state index contributed by atoms with van der Waals surface area (Å²) < 4.78 is 55.7. The molecule has 4 aromatic rings. The molecular weight excluding hydrogens is 468 g/mol. The van der Waals surface area contributed by atoms with Crippen molar-refractivity contribution in [3.8, 4) is 11.4 Å². The Balaban J connectivity index is 1.57. The number of para-hydroxylation sites is 1. The van der Waals surface area contributed by atoms with Gasteiger partial charge in [0.15, 0.2) is 11.0 Å². The predicted molar refractivity (Wildman–Crippen MR) is 122 cm³/mol. The minimum Gasteiger partial charge on any atom is -0.325 e. The molecule has 0 atom stereocenters. The summed E-state index contributed by atoms with van der Waals surface area (Å²) in [5, 5.41) is 10.9. The van der Waals surface area contributed by atoms with Gasteiger partial charge in [0.05, 0.1) is 29.1 Å². The Kier molecular flexibility index (Phi) is 6.97. The number of anilines is 1. The Morgan fingerprint density at radius 2 is 1.59 bits per heavy atom. The molecule has 0 spiro atoms. The Labute approximate surface area is 196 Å². The van der Waals surface area contributed by atoms with E-state index in [4.69, 9.17) is 0 Å². The minimum atomic E-state index is -4.60. The second kappa shape index (κ2) is 10.1. The van der Waals surface area contributed by atoms with E-state index >= 15 is 0 Å². The number of hydrogen-bond acceptors (Lipinski definition) is 4. The lowest BCUT2D eigenvalue weighted by atomic mass is 10.1. The minimum absolute atomic E-state index is 0.212. The molecule has 0 saturated heterocycles. The number of carbonyl (C=O) groups is 1. The highest BCUT2D eigenvalue weighted by molar-refractivity contribution is 7.99. The Bertz CT molecular complexity index is 1290. The molecule has 174 valence electrons. The smallest absolute Gasteiger partial charge is 0.325 e. The number of alkyl halides is 3. The van der Waals surface area contributed by atoms with Crippen molar-refractivity contribution in [1.29, 1.82) is 0 Å². The van der Waals surface area contributed by atoms with Gasteiger partial charge in [0.2, 0.25) is 5.91 Å². The molecule has 0 bridgehead atoms. The Hall–Kier alpha value is -3.66. The first-order valence-corrected chi connectivity index (χ1v) is 11.1. The van der Waals surface area contributed by atoms with Crippen molar-refractivity contribution in [2.24, 2.45) is 0 Å². The summed E-state index contributed by atoms with van der Waals surface area (Å²) in [6.45, 7) is 0.318. The maximum Gasteiger partial charge on any atom is 0.418 e. The monoisotopic (exact) mass is 486 g/mol. The molecule has 1 N–H and O–H groups in total. The molecule has 0 aliphatic rings. The molecule has 5 nitrogen and oxygen atoms in total. The van der Waals surface area contributed by atoms with Gasteiger partial charge in [-0.3, -0.25) is 9.36 Å². The lowest BCUT2D eigenvalue weighted by molar-refractivity contribution is -0.137. The van der Waals surface area contributed by atoms with Gasteiger partial charge < -0.3 is 5.32 Å². The first-order valence-electron chi connectivity index (χ1n) is 10.1. The van der Waals surface area contributed by atoms with E-state index in [2.05, 4.69) is 15.5 Å². The number of halogens is 4. The van der Waals surface area contributed by atoms with Crippen LogP contribution in [0.4, 0.5) is 23.2 Å². The van der Waals surface area contributed by atoms with E-state index < -0.39 is 23.5 Å². The van der Waals surface area contributed by atoms with Crippen molar-refractivity contribution in [2.45, 2.75) is 17.9 Å². The van der Waals surface area contributed by atoms with E-state index in [0.717, 1.165) is 23.4 Å². The summed E-state index contributed by atoms with van der Waals surface area (Å²) in [6.07, 6.45) is -4.60. The van der Waals surface area contributed by atoms with Gasteiger partial charge in [-0.25, -0.2) is 4.39 Å². The average molecular weight is 486 g/mol. The van der Waals surface area contributed by atoms with Crippen molar-refractivity contribution in [2.75, 3.05) is 11.1 Å². The van der Waals surface area contributed by atoms with Crippen LogP contribution in [-0.4, -0.2) is 26.4 Å². The molecule has 0 saturated carbocycles. The van der Waals surface area contributed by atoms with Gasteiger partial charge in [-0.05, 0) is 29.8 Å². The third kappa shape index (κ3) is 5.45. The van der Waals surface area contributed by atoms with Crippen LogP contribution in [-0.2, 0) is 17.5 Å². The molecule has 3 aromatic carbocycles. The normalized spacial score (nSPS) is 11.4. The van der Waals surface area contributed by atoms with Gasteiger partial charge in [-0.1, -0.05) is 66.4 Å². The number of nitrogens with one attached hydrogen (secondary N) is 1. The summed E-state index contributed by atoms with van der Waals surface area (Å²) in [5.41, 5.74) is -0.0903. The maximum absolute atomic E-state index is 14.4. The van der Waals surface area contributed by atoms with Crippen LogP contribution in [0, 0.1) is 5.82 Å². The molecule has 0 aliphatic carbocycles. The SMILES string of the molecule is O=C(CSc1nnc(-c2ccccc2F)n1Cc1ccccc1)Nc1ccccc1C(F)(F)F. The number of hydrogen-bond donors (Lipinski definition) is 1. The molecule has 34 heavy (non-hydrogen) atoms. The average Bonchev–Trinajstić information content (AvgIpc) is 3.20. The summed E-state index contributed by atoms with van der Waals surface area (Å²) in [5.74, 6) is -1.03. The van der Waals surface area contributed by atoms with E-state index in [9.17, 15) is 22.4 Å². The summed E-state index contributed by atoms with van der Waals surface area (Å²) in [7, 11) is 0. The summed E-state index contributed by atoms with van der Waals surface area (Å²) in [4.78, 5) is 12.4. The van der Waals surface area contributed by atoms with Crippen LogP contribution >= 0.6 is 11.8 Å². The third-order valence-electron chi connectivity index (χ3n) is 4.85. The molecule has 1 amide bonds. The molecule has 0 unspecified atom stereocenters. The fourth-order valence-corrected chi connectivity index (χ4v) is 4.04. The zero-order chi connectivity index (χ0) is 24.1. The van der Waals surface area contributed by atoms with Gasteiger partial charge in [0.25, 0.3) is 0 Å². The zero-order valence-electron chi connectivity index (χ0n) is 17.6. The lowest BCUT2D eigenvalue weighted by Crippen LogP contribution is -2.18. The van der Waals surface area contributed by atoms with Crippen LogP contribution in [0.5, 0.6) is 0 Å². The molecule has 4 rings (SSSR count). The standard InChI is InChI=1S/C24H18F4N4OS/c25-19-12-6-4-10-17(19)22-30-31-23(32(22)14-16-8-2-1-3-9-16)34-15-21(33)29-20-13-7-5-11-18(20)24(26,27)28/h1-13H,14-15H2,(H,29,33). The second-order valence-electron chi connectivity index (χ2n) is 7.24. The number of thioether (sulfide) groups is 1. The van der Waals surface area contributed by atoms with E-state index in [1.165, 1.54) is 24.3 Å². The molecule has 1 aromatic heterocycles. The van der Waals surface area contributed by atoms with E-state index in [-0.39, 0.29) is 22.8 Å². The van der Waals surface area contributed by atoms with Crippen molar-refractivity contribution in [3.63, 3.8) is 0 Å². The maximum atomic E-state index is 14.4. The molecule has 1 heterocycles. The third-order valence-corrected chi connectivity index (χ3v) is 5.82. The van der Waals surface area contributed by atoms with Gasteiger partial charge >= 0.3 is 6.18 Å². The van der Waals surface area contributed by atoms with Gasteiger partial charge in [0.1, 0.15) is 5.82 Å². The van der Waals surface area contributed by atoms with Crippen molar-refractivity contribution < 1.29 is 22.4 Å². The highest BCUT2D eigenvalue weighted by atomic mass is 32.2. The fourth-order valence-electron chi connectivity index (χ4n) is 3.30. The number of rotatable bonds is 7. The van der Waals surface area contributed by atoms with Crippen molar-refractivity contribution >= 4 is 23.4 Å². The summed E-state index contributed by atoms with van der Waals surface area (Å²) >= 11 is 1.00. The molecular formula is C24H18F4N4OS. The molecule has 0 fully saturated rings. The van der Waals surface area contributed by atoms with E-state index in [0.29, 0.717) is 11.7 Å². The van der Waals surface area contributed by atoms with Crippen LogP contribution < -0.4 is 5.32 Å². The Morgan fingerprint density at radius 1 is 0.912 bits per heavy atom. The zero-order valence-corrected chi connectivity index (χ0v) is 18.4. The van der Waals surface area contributed by atoms with Crippen molar-refractivity contribution in [1.82, 2.24) is 14.8 Å². The van der Waals surface area contributed by atoms with Crippen molar-refractivity contribution in [3.05, 3.63) is 95.8 Å². The van der Waals surface area contributed by atoms with Crippen LogP contribution in [0.1, 0.15) is 11.1 Å². The van der Waals surface area contributed by atoms with Crippen LogP contribution in [0.3, 0.4) is 0 Å². The largest absolute Gasteiger partial charge is 0.418 e. The van der Waals surface area contributed by atoms with Crippen LogP contribution in [0.25, 0.3) is 11.4 Å². The molecule has 0 radical (unpaired) electrons. The number of amides is 1. The van der Waals surface area contributed by atoms with Crippen LogP contribution in [0.15, 0.2) is 84.0 Å². The molecule has 10 heteroatoms. The highest BCUT2D eigenvalue weighted by Gasteiger charge is 2.33. The fraction of sp³-hybridized carbons (Fsp3) is 0.125. The number of aromatic nitrogens is 3. The highest BCUT2D eigenvalue weighted by Crippen LogP contribution is 2.34. The van der Waals surface area contributed by atoms with Crippen LogP contribution in [0.2, 0.25) is 0 Å². The summed E-state index contributed by atoms with van der Waals surface area (Å²) in [6, 6.07) is 20.3. The first kappa shape index (κ1) is 23.5. The molecule has 0 aliphatic heterocycles. The number of carbonyl (C=O) groups excluding carboxylic acids is 1. The first-order chi connectivity index (χ1) is 16.3. The number of nitrogens with zero attached hydrogens (tertiary/aromatic N) is 3.